The van der Waals surface area contributed by atoms with Gasteiger partial charge in [-0.25, -0.2) is 0 Å². The van der Waals surface area contributed by atoms with E-state index in [0.29, 0.717) is 4.73 Å². The second kappa shape index (κ2) is 8.68. The minimum Gasteiger partial charge on any atom is -0.619 e. The van der Waals surface area contributed by atoms with Gasteiger partial charge < -0.3 is 20.0 Å². The minimum absolute atomic E-state index is 0.00248. The van der Waals surface area contributed by atoms with Gasteiger partial charge in [0.25, 0.3) is 5.91 Å². The lowest BCUT2D eigenvalue weighted by atomic mass is 10.1. The number of rotatable bonds is 5. The molecule has 2 aromatic carbocycles. The van der Waals surface area contributed by atoms with E-state index in [0.717, 1.165) is 18.3 Å². The van der Waals surface area contributed by atoms with Gasteiger partial charge in [0, 0.05) is 12.1 Å². The van der Waals surface area contributed by atoms with Crippen LogP contribution >= 0.6 is 23.2 Å². The molecule has 0 saturated heterocycles. The number of pyridine rings is 1. The second-order valence-electron chi connectivity index (χ2n) is 5.79. The molecule has 30 heavy (non-hydrogen) atoms. The Morgan fingerprint density at radius 1 is 1.03 bits per heavy atom. The predicted octanol–water partition coefficient (Wildman–Crippen LogP) is 5.57. The number of ether oxygens (including phenoxy) is 2. The first kappa shape index (κ1) is 21.5. The van der Waals surface area contributed by atoms with Crippen LogP contribution in [-0.2, 0) is 0 Å². The van der Waals surface area contributed by atoms with E-state index in [-0.39, 0.29) is 32.8 Å². The Morgan fingerprint density at radius 3 is 2.30 bits per heavy atom. The van der Waals surface area contributed by atoms with Crippen molar-refractivity contribution >= 4 is 34.8 Å². The van der Waals surface area contributed by atoms with Crippen molar-refractivity contribution in [2.75, 3.05) is 5.32 Å². The quantitative estimate of drug-likeness (QED) is 0.400. The first-order valence-corrected chi connectivity index (χ1v) is 8.89. The number of hydrogen-bond acceptors (Lipinski definition) is 4. The molecule has 0 atom stereocenters. The number of anilines is 1. The lowest BCUT2D eigenvalue weighted by molar-refractivity contribution is -0.604. The van der Waals surface area contributed by atoms with Crippen LogP contribution in [0.4, 0.5) is 18.9 Å². The van der Waals surface area contributed by atoms with Gasteiger partial charge in [0.2, 0.25) is 6.20 Å². The van der Waals surface area contributed by atoms with Gasteiger partial charge in [-0.05, 0) is 36.4 Å². The fraction of sp³-hybridized carbons (Fsp3) is 0.0526. The van der Waals surface area contributed by atoms with E-state index in [1.165, 1.54) is 42.6 Å². The van der Waals surface area contributed by atoms with Crippen LogP contribution in [0.15, 0.2) is 60.9 Å². The van der Waals surface area contributed by atoms with Crippen LogP contribution in [0.5, 0.6) is 17.2 Å². The first-order chi connectivity index (χ1) is 14.1. The van der Waals surface area contributed by atoms with Crippen molar-refractivity contribution in [2.45, 2.75) is 6.36 Å². The maximum Gasteiger partial charge on any atom is 0.573 e. The van der Waals surface area contributed by atoms with Crippen LogP contribution in [0.2, 0.25) is 10.0 Å². The largest absolute Gasteiger partial charge is 0.619 e. The fourth-order valence-corrected chi connectivity index (χ4v) is 2.67. The van der Waals surface area contributed by atoms with E-state index in [2.05, 4.69) is 10.1 Å². The molecule has 0 unspecified atom stereocenters. The van der Waals surface area contributed by atoms with E-state index < -0.39 is 18.0 Å². The molecule has 3 rings (SSSR count). The number of carbonyl (C=O) groups is 1. The maximum atomic E-state index is 12.7. The van der Waals surface area contributed by atoms with Crippen molar-refractivity contribution in [1.82, 2.24) is 0 Å². The second-order valence-corrected chi connectivity index (χ2v) is 6.60. The summed E-state index contributed by atoms with van der Waals surface area (Å²) in [6.07, 6.45) is -2.43. The summed E-state index contributed by atoms with van der Waals surface area (Å²) < 4.78 is 46.7. The number of nitrogens with zero attached hydrogens (tertiary/aromatic N) is 1. The van der Waals surface area contributed by atoms with Crippen LogP contribution in [0.25, 0.3) is 0 Å². The normalized spacial score (nSPS) is 11.1. The zero-order valence-electron chi connectivity index (χ0n) is 14.7. The molecule has 0 bridgehead atoms. The van der Waals surface area contributed by atoms with Gasteiger partial charge in [-0.2, -0.15) is 4.73 Å². The molecule has 6 nitrogen and oxygen atoms in total. The third-order valence-corrected chi connectivity index (χ3v) is 4.31. The molecular weight excluding hydrogens is 448 g/mol. The van der Waals surface area contributed by atoms with E-state index >= 15 is 0 Å². The molecule has 1 heterocycles. The Hall–Kier alpha value is -3.17. The molecule has 1 amide bonds. The van der Waals surface area contributed by atoms with Crippen LogP contribution in [-0.4, -0.2) is 12.3 Å². The fourth-order valence-electron chi connectivity index (χ4n) is 2.35. The smallest absolute Gasteiger partial charge is 0.573 e. The SMILES string of the molecule is O=C(Nc1ccc[n+]([O-])c1)c1cc(Cl)c(Cl)cc1Oc1ccc(OC(F)(F)F)cc1. The predicted molar refractivity (Wildman–Crippen MR) is 103 cm³/mol. The topological polar surface area (TPSA) is 74.5 Å². The Bertz CT molecular complexity index is 1080. The van der Waals surface area contributed by atoms with Crippen molar-refractivity contribution in [3.05, 3.63) is 81.7 Å². The summed E-state index contributed by atoms with van der Waals surface area (Å²) in [4.78, 5) is 12.7. The molecule has 0 saturated carbocycles. The van der Waals surface area contributed by atoms with Gasteiger partial charge in [0.05, 0.1) is 15.6 Å². The summed E-state index contributed by atoms with van der Waals surface area (Å²) in [7, 11) is 0. The van der Waals surface area contributed by atoms with Crippen molar-refractivity contribution in [2.24, 2.45) is 0 Å². The van der Waals surface area contributed by atoms with Crippen molar-refractivity contribution in [3.63, 3.8) is 0 Å². The average molecular weight is 459 g/mol. The van der Waals surface area contributed by atoms with Crippen LogP contribution in [0.3, 0.4) is 0 Å². The summed E-state index contributed by atoms with van der Waals surface area (Å²) in [6, 6.07) is 10.1. The number of amides is 1. The molecule has 11 heteroatoms. The van der Waals surface area contributed by atoms with Crippen LogP contribution in [0, 0.1) is 5.21 Å². The Morgan fingerprint density at radius 2 is 1.67 bits per heavy atom. The number of aromatic nitrogens is 1. The van der Waals surface area contributed by atoms with E-state index in [1.807, 2.05) is 0 Å². The molecule has 0 aliphatic rings. The molecule has 0 fully saturated rings. The Kier molecular flexibility index (Phi) is 6.23. The highest BCUT2D eigenvalue weighted by Crippen LogP contribution is 2.35. The van der Waals surface area contributed by atoms with Crippen molar-refractivity contribution in [3.8, 4) is 17.2 Å². The lowest BCUT2D eigenvalue weighted by Crippen LogP contribution is -2.25. The highest BCUT2D eigenvalue weighted by molar-refractivity contribution is 6.42. The summed E-state index contributed by atoms with van der Waals surface area (Å²) >= 11 is 12.0. The molecular formula is C19H11Cl2F3N2O4. The number of nitrogens with one attached hydrogen (secondary N) is 1. The van der Waals surface area contributed by atoms with Crippen LogP contribution in [0.1, 0.15) is 10.4 Å². The first-order valence-electron chi connectivity index (χ1n) is 8.13. The third-order valence-electron chi connectivity index (χ3n) is 3.59. The summed E-state index contributed by atoms with van der Waals surface area (Å²) in [5.41, 5.74) is 0.212. The molecule has 0 aliphatic heterocycles. The molecule has 1 aromatic heterocycles. The van der Waals surface area contributed by atoms with E-state index in [9.17, 15) is 23.2 Å². The number of carbonyl (C=O) groups excluding carboxylic acids is 1. The lowest BCUT2D eigenvalue weighted by Gasteiger charge is -2.14. The maximum absolute atomic E-state index is 12.7. The van der Waals surface area contributed by atoms with E-state index in [4.69, 9.17) is 27.9 Å². The third kappa shape index (κ3) is 5.68. The average Bonchev–Trinajstić information content (AvgIpc) is 2.65. The highest BCUT2D eigenvalue weighted by atomic mass is 35.5. The van der Waals surface area contributed by atoms with Gasteiger partial charge in [-0.1, -0.05) is 23.2 Å². The van der Waals surface area contributed by atoms with Gasteiger partial charge in [-0.3, -0.25) is 4.79 Å². The number of benzene rings is 2. The molecule has 156 valence electrons. The van der Waals surface area contributed by atoms with E-state index in [1.54, 1.807) is 0 Å². The van der Waals surface area contributed by atoms with Gasteiger partial charge in [0.1, 0.15) is 22.9 Å². The molecule has 0 radical (unpaired) electrons. The summed E-state index contributed by atoms with van der Waals surface area (Å²) in [5.74, 6) is -0.963. The van der Waals surface area contributed by atoms with Gasteiger partial charge >= 0.3 is 6.36 Å². The molecule has 1 N–H and O–H groups in total. The zero-order valence-corrected chi connectivity index (χ0v) is 16.3. The van der Waals surface area contributed by atoms with Crippen LogP contribution < -0.4 is 19.5 Å². The standard InChI is InChI=1S/C19H11Cl2F3N2O4/c20-15-8-14(18(27)25-11-2-1-7-26(28)10-11)17(9-16(15)21)29-12-3-5-13(6-4-12)30-19(22,23)24/h1-10H,(H,25,27). The molecule has 0 spiro atoms. The number of halogens is 5. The summed E-state index contributed by atoms with van der Waals surface area (Å²) in [5, 5.41) is 14.0. The Balaban J connectivity index is 1.85. The van der Waals surface area contributed by atoms with Crippen molar-refractivity contribution < 1.29 is 32.2 Å². The highest BCUT2D eigenvalue weighted by Gasteiger charge is 2.31. The molecule has 0 aliphatic carbocycles. The monoisotopic (exact) mass is 458 g/mol. The number of alkyl halides is 3. The van der Waals surface area contributed by atoms with Gasteiger partial charge in [-0.15, -0.1) is 13.2 Å². The molecule has 3 aromatic rings. The van der Waals surface area contributed by atoms with Gasteiger partial charge in [0.15, 0.2) is 6.20 Å². The Labute approximate surface area is 177 Å². The minimum atomic E-state index is -4.82. The number of hydrogen-bond donors (Lipinski definition) is 1. The van der Waals surface area contributed by atoms with Crippen molar-refractivity contribution in [1.29, 1.82) is 0 Å². The zero-order chi connectivity index (χ0) is 21.9. The summed E-state index contributed by atoms with van der Waals surface area (Å²) in [6.45, 7) is 0.